The van der Waals surface area contributed by atoms with Crippen LogP contribution in [-0.2, 0) is 9.53 Å². The van der Waals surface area contributed by atoms with Crippen LogP contribution in [0.15, 0.2) is 18.2 Å². The summed E-state index contributed by atoms with van der Waals surface area (Å²) in [6.45, 7) is 0. The molecule has 0 aliphatic carbocycles. The second kappa shape index (κ2) is 5.16. The molecule has 0 saturated heterocycles. The average molecular weight is 224 g/mol. The van der Waals surface area contributed by atoms with Crippen LogP contribution in [0.4, 0.5) is 0 Å². The summed E-state index contributed by atoms with van der Waals surface area (Å²) in [7, 11) is 1.23. The number of rotatable bonds is 4. The molecule has 0 bridgehead atoms. The van der Waals surface area contributed by atoms with Crippen molar-refractivity contribution in [1.82, 2.24) is 0 Å². The molecule has 1 aromatic carbocycles. The number of hydrogen-bond acceptors (Lipinski definition) is 5. The molecule has 5 nitrogen and oxygen atoms in total. The Bertz CT molecular complexity index is 411. The molecule has 0 radical (unpaired) electrons. The van der Waals surface area contributed by atoms with Gasteiger partial charge in [-0.05, 0) is 12.1 Å². The van der Waals surface area contributed by atoms with Crippen LogP contribution in [0.5, 0.6) is 11.5 Å². The van der Waals surface area contributed by atoms with Gasteiger partial charge < -0.3 is 14.9 Å². The zero-order valence-electron chi connectivity index (χ0n) is 8.77. The normalized spacial score (nSPS) is 9.81. The lowest BCUT2D eigenvalue weighted by molar-refractivity contribution is -0.140. The number of carbonyl (C=O) groups is 2. The van der Waals surface area contributed by atoms with E-state index < -0.39 is 17.5 Å². The molecular formula is C11H12O5. The van der Waals surface area contributed by atoms with Gasteiger partial charge in [-0.15, -0.1) is 0 Å². The van der Waals surface area contributed by atoms with E-state index in [4.69, 9.17) is 0 Å². The number of benzene rings is 1. The Labute approximate surface area is 92.3 Å². The van der Waals surface area contributed by atoms with Crippen LogP contribution in [0.1, 0.15) is 23.2 Å². The highest BCUT2D eigenvalue weighted by Gasteiger charge is 2.15. The van der Waals surface area contributed by atoms with Crippen molar-refractivity contribution in [2.45, 2.75) is 12.8 Å². The maximum Gasteiger partial charge on any atom is 0.305 e. The topological polar surface area (TPSA) is 83.8 Å². The first-order chi connectivity index (χ1) is 7.56. The third kappa shape index (κ3) is 2.73. The molecule has 0 unspecified atom stereocenters. The van der Waals surface area contributed by atoms with E-state index >= 15 is 0 Å². The number of phenolic OH excluding ortho intramolecular Hbond substituents is 2. The number of Topliss-reactive ketones (excluding diaryl/α,β-unsaturated/α-hetero) is 1. The first-order valence-corrected chi connectivity index (χ1v) is 4.67. The lowest BCUT2D eigenvalue weighted by Crippen LogP contribution is -2.06. The van der Waals surface area contributed by atoms with Gasteiger partial charge in [0.05, 0.1) is 19.1 Å². The maximum absolute atomic E-state index is 11.6. The van der Waals surface area contributed by atoms with Crippen LogP contribution in [-0.4, -0.2) is 29.1 Å². The third-order valence-corrected chi connectivity index (χ3v) is 2.10. The van der Waals surface area contributed by atoms with E-state index in [9.17, 15) is 19.8 Å². The van der Waals surface area contributed by atoms with Gasteiger partial charge in [0.2, 0.25) is 0 Å². The molecular weight excluding hydrogens is 212 g/mol. The van der Waals surface area contributed by atoms with Gasteiger partial charge >= 0.3 is 5.97 Å². The molecule has 0 atom stereocenters. The first kappa shape index (κ1) is 12.0. The minimum atomic E-state index is -0.493. The molecule has 0 aliphatic heterocycles. The van der Waals surface area contributed by atoms with E-state index in [1.165, 1.54) is 25.3 Å². The highest BCUT2D eigenvalue weighted by Crippen LogP contribution is 2.29. The van der Waals surface area contributed by atoms with Crippen LogP contribution in [0.2, 0.25) is 0 Å². The fraction of sp³-hybridized carbons (Fsp3) is 0.273. The molecule has 0 aliphatic rings. The van der Waals surface area contributed by atoms with Gasteiger partial charge in [-0.3, -0.25) is 9.59 Å². The molecule has 0 heterocycles. The number of para-hydroxylation sites is 1. The predicted octanol–water partition coefficient (Wildman–Crippen LogP) is 1.23. The monoisotopic (exact) mass is 224 g/mol. The zero-order chi connectivity index (χ0) is 12.1. The predicted molar refractivity (Wildman–Crippen MR) is 55.4 cm³/mol. The number of ether oxygens (including phenoxy) is 1. The number of phenols is 2. The first-order valence-electron chi connectivity index (χ1n) is 4.67. The Morgan fingerprint density at radius 2 is 1.94 bits per heavy atom. The fourth-order valence-corrected chi connectivity index (χ4v) is 1.21. The maximum atomic E-state index is 11.6. The third-order valence-electron chi connectivity index (χ3n) is 2.10. The molecule has 16 heavy (non-hydrogen) atoms. The SMILES string of the molecule is COC(=O)CCC(=O)c1cccc(O)c1O. The van der Waals surface area contributed by atoms with Crippen molar-refractivity contribution in [3.8, 4) is 11.5 Å². The van der Waals surface area contributed by atoms with Crippen molar-refractivity contribution in [1.29, 1.82) is 0 Å². The quantitative estimate of drug-likeness (QED) is 0.456. The standard InChI is InChI=1S/C11H12O5/c1-16-10(14)6-5-8(12)7-3-2-4-9(13)11(7)15/h2-4,13,15H,5-6H2,1H3. The van der Waals surface area contributed by atoms with Gasteiger partial charge in [0.1, 0.15) is 0 Å². The molecule has 2 N–H and O–H groups in total. The largest absolute Gasteiger partial charge is 0.504 e. The molecule has 5 heteroatoms. The second-order valence-corrected chi connectivity index (χ2v) is 3.17. The molecule has 0 saturated carbocycles. The number of esters is 1. The second-order valence-electron chi connectivity index (χ2n) is 3.17. The van der Waals surface area contributed by atoms with Crippen LogP contribution >= 0.6 is 0 Å². The van der Waals surface area contributed by atoms with Crippen molar-refractivity contribution < 1.29 is 24.5 Å². The van der Waals surface area contributed by atoms with Gasteiger partial charge in [0.15, 0.2) is 17.3 Å². The van der Waals surface area contributed by atoms with Crippen LogP contribution in [0, 0.1) is 0 Å². The summed E-state index contributed by atoms with van der Waals surface area (Å²) in [6.07, 6.45) is -0.117. The molecule has 0 fully saturated rings. The van der Waals surface area contributed by atoms with Crippen LogP contribution in [0.25, 0.3) is 0 Å². The summed E-state index contributed by atoms with van der Waals surface area (Å²) in [4.78, 5) is 22.4. The molecule has 0 amide bonds. The summed E-state index contributed by atoms with van der Waals surface area (Å²) < 4.78 is 4.39. The van der Waals surface area contributed by atoms with E-state index in [-0.39, 0.29) is 24.2 Å². The van der Waals surface area contributed by atoms with E-state index in [1.807, 2.05) is 0 Å². The van der Waals surface area contributed by atoms with Gasteiger partial charge in [0.25, 0.3) is 0 Å². The van der Waals surface area contributed by atoms with E-state index in [0.717, 1.165) is 0 Å². The Hall–Kier alpha value is -2.04. The van der Waals surface area contributed by atoms with Crippen LogP contribution in [0.3, 0.4) is 0 Å². The van der Waals surface area contributed by atoms with E-state index in [0.29, 0.717) is 0 Å². The number of hydrogen-bond donors (Lipinski definition) is 2. The molecule has 86 valence electrons. The lowest BCUT2D eigenvalue weighted by Gasteiger charge is -2.04. The summed E-state index contributed by atoms with van der Waals surface area (Å²) >= 11 is 0. The number of aromatic hydroxyl groups is 2. The Balaban J connectivity index is 2.74. The Morgan fingerprint density at radius 1 is 1.25 bits per heavy atom. The lowest BCUT2D eigenvalue weighted by atomic mass is 10.1. The van der Waals surface area contributed by atoms with Crippen molar-refractivity contribution in [3.63, 3.8) is 0 Å². The fourth-order valence-electron chi connectivity index (χ4n) is 1.21. The minimum Gasteiger partial charge on any atom is -0.504 e. The van der Waals surface area contributed by atoms with Gasteiger partial charge in [0, 0.05) is 6.42 Å². The highest BCUT2D eigenvalue weighted by molar-refractivity contribution is 6.00. The molecule has 0 spiro atoms. The Morgan fingerprint density at radius 3 is 2.56 bits per heavy atom. The smallest absolute Gasteiger partial charge is 0.305 e. The Kier molecular flexibility index (Phi) is 3.88. The number of carbonyl (C=O) groups excluding carboxylic acids is 2. The van der Waals surface area contributed by atoms with Crippen molar-refractivity contribution >= 4 is 11.8 Å². The average Bonchev–Trinajstić information content (AvgIpc) is 2.29. The minimum absolute atomic E-state index is 0.00361. The molecule has 1 rings (SSSR count). The van der Waals surface area contributed by atoms with E-state index in [2.05, 4.69) is 4.74 Å². The summed E-state index contributed by atoms with van der Waals surface area (Å²) in [5, 5.41) is 18.6. The molecule has 1 aromatic rings. The number of ketones is 1. The summed E-state index contributed by atoms with van der Waals surface area (Å²) in [5.74, 6) is -1.73. The van der Waals surface area contributed by atoms with E-state index in [1.54, 1.807) is 0 Å². The highest BCUT2D eigenvalue weighted by atomic mass is 16.5. The van der Waals surface area contributed by atoms with Gasteiger partial charge in [-0.2, -0.15) is 0 Å². The van der Waals surface area contributed by atoms with Gasteiger partial charge in [-0.1, -0.05) is 6.07 Å². The summed E-state index contributed by atoms with van der Waals surface area (Å²) in [5.41, 5.74) is 0.00361. The van der Waals surface area contributed by atoms with Gasteiger partial charge in [-0.25, -0.2) is 0 Å². The summed E-state index contributed by atoms with van der Waals surface area (Å²) in [6, 6.07) is 4.10. The van der Waals surface area contributed by atoms with Crippen molar-refractivity contribution in [2.24, 2.45) is 0 Å². The van der Waals surface area contributed by atoms with Crippen LogP contribution < -0.4 is 0 Å². The van der Waals surface area contributed by atoms with Crippen molar-refractivity contribution in [3.05, 3.63) is 23.8 Å². The number of methoxy groups -OCH3 is 1. The van der Waals surface area contributed by atoms with Crippen molar-refractivity contribution in [2.75, 3.05) is 7.11 Å². The zero-order valence-corrected chi connectivity index (χ0v) is 8.77. The molecule has 0 aromatic heterocycles.